The minimum Gasteiger partial charge on any atom is -0.462 e. The number of hydrogen-bond donors (Lipinski definition) is 1. The highest BCUT2D eigenvalue weighted by Crippen LogP contribution is 2.28. The molecular formula is C19H24N5O2+. The summed E-state index contributed by atoms with van der Waals surface area (Å²) in [5.74, 6) is -1.05. The van der Waals surface area contributed by atoms with E-state index in [4.69, 9.17) is 9.72 Å². The summed E-state index contributed by atoms with van der Waals surface area (Å²) in [5.41, 5.74) is 1.81. The van der Waals surface area contributed by atoms with Gasteiger partial charge in [-0.15, -0.1) is 0 Å². The smallest absolute Gasteiger partial charge is 0.329 e. The fourth-order valence-electron chi connectivity index (χ4n) is 3.06. The summed E-state index contributed by atoms with van der Waals surface area (Å²) in [6.45, 7) is 7.10. The van der Waals surface area contributed by atoms with Gasteiger partial charge in [-0.25, -0.2) is 9.97 Å². The summed E-state index contributed by atoms with van der Waals surface area (Å²) >= 11 is 0. The van der Waals surface area contributed by atoms with Crippen molar-refractivity contribution in [3.8, 4) is 6.07 Å². The van der Waals surface area contributed by atoms with Crippen molar-refractivity contribution in [2.45, 2.75) is 25.9 Å². The van der Waals surface area contributed by atoms with Gasteiger partial charge in [-0.05, 0) is 26.0 Å². The number of rotatable bonds is 4. The van der Waals surface area contributed by atoms with Gasteiger partial charge in [0.2, 0.25) is 0 Å². The predicted octanol–water partition coefficient (Wildman–Crippen LogP) is 0.523. The van der Waals surface area contributed by atoms with Crippen LogP contribution in [0.25, 0.3) is 11.0 Å². The standard InChI is InChI=1S/C19H23N5O2/c1-13(2)26-19(25)14(12-20)17-18(24-10-8-23(3)9-11-24)22-16-7-5-4-6-15(16)21-17/h4-7,13-14H,8-11H2,1-3H3/p+1/t14-/m0/s1. The average Bonchev–Trinajstić information content (AvgIpc) is 2.62. The Morgan fingerprint density at radius 1 is 1.23 bits per heavy atom. The number of nitrogens with zero attached hydrogens (tertiary/aromatic N) is 4. The maximum atomic E-state index is 12.5. The number of esters is 1. The van der Waals surface area contributed by atoms with Crippen LogP contribution in [0.2, 0.25) is 0 Å². The number of nitriles is 1. The van der Waals surface area contributed by atoms with E-state index >= 15 is 0 Å². The minimum atomic E-state index is -1.09. The highest BCUT2D eigenvalue weighted by Gasteiger charge is 2.31. The summed E-state index contributed by atoms with van der Waals surface area (Å²) < 4.78 is 5.28. The molecule has 0 spiro atoms. The van der Waals surface area contributed by atoms with Crippen LogP contribution in [0.1, 0.15) is 25.5 Å². The highest BCUT2D eigenvalue weighted by atomic mass is 16.5. The number of carbonyl (C=O) groups excluding carboxylic acids is 1. The summed E-state index contributed by atoms with van der Waals surface area (Å²) in [6.07, 6.45) is -0.289. The average molecular weight is 354 g/mol. The van der Waals surface area contributed by atoms with Crippen molar-refractivity contribution in [1.29, 1.82) is 5.26 Å². The number of anilines is 1. The maximum Gasteiger partial charge on any atom is 0.329 e. The Morgan fingerprint density at radius 2 is 1.85 bits per heavy atom. The van der Waals surface area contributed by atoms with E-state index in [-0.39, 0.29) is 6.10 Å². The molecule has 1 atom stereocenters. The molecule has 0 bridgehead atoms. The van der Waals surface area contributed by atoms with Gasteiger partial charge in [-0.2, -0.15) is 5.26 Å². The van der Waals surface area contributed by atoms with Gasteiger partial charge in [0.05, 0.1) is 56.4 Å². The molecule has 1 aromatic carbocycles. The number of ether oxygens (including phenoxy) is 1. The number of aromatic nitrogens is 2. The Bertz CT molecular complexity index is 837. The first-order valence-electron chi connectivity index (χ1n) is 8.92. The lowest BCUT2D eigenvalue weighted by Crippen LogP contribution is -3.12. The molecule has 26 heavy (non-hydrogen) atoms. The van der Waals surface area contributed by atoms with E-state index in [1.807, 2.05) is 24.3 Å². The van der Waals surface area contributed by atoms with E-state index in [9.17, 15) is 10.1 Å². The molecule has 2 aromatic rings. The van der Waals surface area contributed by atoms with Crippen LogP contribution in [0.5, 0.6) is 0 Å². The zero-order chi connectivity index (χ0) is 18.7. The van der Waals surface area contributed by atoms with E-state index in [1.165, 1.54) is 4.90 Å². The first-order valence-corrected chi connectivity index (χ1v) is 8.92. The van der Waals surface area contributed by atoms with Crippen LogP contribution >= 0.6 is 0 Å². The molecule has 0 saturated carbocycles. The summed E-state index contributed by atoms with van der Waals surface area (Å²) in [6, 6.07) is 9.58. The zero-order valence-electron chi connectivity index (χ0n) is 15.4. The third-order valence-corrected chi connectivity index (χ3v) is 4.48. The number of hydrogen-bond acceptors (Lipinski definition) is 6. The normalized spacial score (nSPS) is 16.5. The predicted molar refractivity (Wildman–Crippen MR) is 98.0 cm³/mol. The van der Waals surface area contributed by atoms with Gasteiger partial charge in [0.25, 0.3) is 0 Å². The molecule has 1 N–H and O–H groups in total. The molecule has 1 aliphatic rings. The van der Waals surface area contributed by atoms with Crippen LogP contribution in [0.15, 0.2) is 24.3 Å². The monoisotopic (exact) mass is 354 g/mol. The Labute approximate surface area is 153 Å². The lowest BCUT2D eigenvalue weighted by Gasteiger charge is -2.32. The van der Waals surface area contributed by atoms with Gasteiger partial charge in [0.1, 0.15) is 5.69 Å². The quantitative estimate of drug-likeness (QED) is 0.806. The molecule has 0 radical (unpaired) electrons. The number of fused-ring (bicyclic) bond motifs is 1. The van der Waals surface area contributed by atoms with Gasteiger partial charge >= 0.3 is 5.97 Å². The van der Waals surface area contributed by atoms with Gasteiger partial charge in [-0.3, -0.25) is 4.79 Å². The molecule has 0 aliphatic carbocycles. The Balaban J connectivity index is 2.07. The number of carbonyl (C=O) groups is 1. The lowest BCUT2D eigenvalue weighted by molar-refractivity contribution is -0.880. The van der Waals surface area contributed by atoms with Gasteiger partial charge in [0, 0.05) is 0 Å². The van der Waals surface area contributed by atoms with Crippen LogP contribution < -0.4 is 9.80 Å². The molecule has 0 unspecified atom stereocenters. The number of nitrogens with one attached hydrogen (secondary N) is 1. The first kappa shape index (κ1) is 18.1. The second kappa shape index (κ2) is 7.67. The van der Waals surface area contributed by atoms with Gasteiger partial charge in [0.15, 0.2) is 11.7 Å². The Morgan fingerprint density at radius 3 is 2.42 bits per heavy atom. The third-order valence-electron chi connectivity index (χ3n) is 4.48. The van der Waals surface area contributed by atoms with Crippen LogP contribution in [0.4, 0.5) is 5.82 Å². The molecule has 1 aliphatic heterocycles. The lowest BCUT2D eigenvalue weighted by atomic mass is 10.1. The molecule has 7 nitrogen and oxygen atoms in total. The molecule has 1 fully saturated rings. The van der Waals surface area contributed by atoms with Gasteiger partial charge in [-0.1, -0.05) is 12.1 Å². The third kappa shape index (κ3) is 3.75. The second-order valence-corrected chi connectivity index (χ2v) is 6.91. The number of benzene rings is 1. The number of quaternary nitrogens is 1. The van der Waals surface area contributed by atoms with Crippen molar-refractivity contribution in [1.82, 2.24) is 9.97 Å². The molecule has 7 heteroatoms. The van der Waals surface area contributed by atoms with Crippen molar-refractivity contribution in [3.05, 3.63) is 30.0 Å². The van der Waals surface area contributed by atoms with Crippen molar-refractivity contribution in [2.24, 2.45) is 0 Å². The molecule has 0 amide bonds. The number of likely N-dealkylation sites (N-methyl/N-ethyl adjacent to an activating group) is 1. The van der Waals surface area contributed by atoms with Crippen molar-refractivity contribution in [3.63, 3.8) is 0 Å². The fourth-order valence-corrected chi connectivity index (χ4v) is 3.06. The SMILES string of the molecule is CC(C)OC(=O)[C@@H](C#N)c1nc2ccccc2nc1N1CC[NH+](C)CC1. The first-order chi connectivity index (χ1) is 12.5. The zero-order valence-corrected chi connectivity index (χ0v) is 15.4. The van der Waals surface area contributed by atoms with E-state index in [1.54, 1.807) is 13.8 Å². The summed E-state index contributed by atoms with van der Waals surface area (Å²) in [4.78, 5) is 25.4. The fraction of sp³-hybridized carbons (Fsp3) is 0.474. The van der Waals surface area contributed by atoms with E-state index < -0.39 is 11.9 Å². The summed E-state index contributed by atoms with van der Waals surface area (Å²) in [5, 5.41) is 9.66. The van der Waals surface area contributed by atoms with Crippen LogP contribution in [-0.4, -0.2) is 55.3 Å². The van der Waals surface area contributed by atoms with Crippen LogP contribution in [0, 0.1) is 11.3 Å². The van der Waals surface area contributed by atoms with Crippen LogP contribution in [-0.2, 0) is 9.53 Å². The van der Waals surface area contributed by atoms with E-state index in [0.29, 0.717) is 17.0 Å². The minimum absolute atomic E-state index is 0.289. The molecular weight excluding hydrogens is 330 g/mol. The van der Waals surface area contributed by atoms with Crippen molar-refractivity contribution < 1.29 is 14.4 Å². The van der Waals surface area contributed by atoms with E-state index in [2.05, 4.69) is 23.0 Å². The maximum absolute atomic E-state index is 12.5. The molecule has 1 saturated heterocycles. The summed E-state index contributed by atoms with van der Waals surface area (Å²) in [7, 11) is 2.16. The Hall–Kier alpha value is -2.72. The Kier molecular flexibility index (Phi) is 5.33. The van der Waals surface area contributed by atoms with Crippen molar-refractivity contribution >= 4 is 22.8 Å². The molecule has 136 valence electrons. The molecule has 3 rings (SSSR count). The van der Waals surface area contributed by atoms with Crippen molar-refractivity contribution in [2.75, 3.05) is 38.1 Å². The second-order valence-electron chi connectivity index (χ2n) is 6.91. The molecule has 2 heterocycles. The van der Waals surface area contributed by atoms with Gasteiger partial charge < -0.3 is 14.5 Å². The van der Waals surface area contributed by atoms with Crippen LogP contribution in [0.3, 0.4) is 0 Å². The van der Waals surface area contributed by atoms with E-state index in [0.717, 1.165) is 31.7 Å². The highest BCUT2D eigenvalue weighted by molar-refractivity contribution is 5.85. The topological polar surface area (TPSA) is 83.5 Å². The number of para-hydroxylation sites is 2. The molecule has 1 aromatic heterocycles. The number of piperazine rings is 1. The largest absolute Gasteiger partial charge is 0.462 e.